The normalized spacial score (nSPS) is 40.7. The van der Waals surface area contributed by atoms with Crippen LogP contribution in [0, 0.1) is 115 Å². The molecule has 0 amide bonds. The van der Waals surface area contributed by atoms with Gasteiger partial charge in [0.2, 0.25) is 0 Å². The summed E-state index contributed by atoms with van der Waals surface area (Å²) in [5.41, 5.74) is 4.90. The number of aliphatic hydroxyl groups is 1. The minimum atomic E-state index is -0.295. The zero-order valence-corrected chi connectivity index (χ0v) is 74.8. The molecule has 15 unspecified atom stereocenters. The van der Waals surface area contributed by atoms with Crippen LogP contribution in [0.5, 0.6) is 17.2 Å². The van der Waals surface area contributed by atoms with Crippen LogP contribution in [0.15, 0.2) is 72.8 Å². The lowest BCUT2D eigenvalue weighted by Gasteiger charge is -2.61. The largest absolute Gasteiger partial charge is 0.494 e. The molecule has 17 fully saturated rings. The number of piperidine rings is 3. The van der Waals surface area contributed by atoms with Gasteiger partial charge < -0.3 is 43.6 Å². The average Bonchev–Trinajstić information content (AvgIpc) is 1.60. The Morgan fingerprint density at radius 1 is 0.437 bits per heavy atom. The van der Waals surface area contributed by atoms with E-state index in [0.29, 0.717) is 137 Å². The monoisotopic (exact) mass is 1630 g/mol. The first-order chi connectivity index (χ1) is 57.6. The van der Waals surface area contributed by atoms with Gasteiger partial charge in [-0.2, -0.15) is 0 Å². The lowest BCUT2D eigenvalue weighted by molar-refractivity contribution is -0.229. The Balaban J connectivity index is 0.000000123. The van der Waals surface area contributed by atoms with Crippen LogP contribution in [0.1, 0.15) is 334 Å². The Morgan fingerprint density at radius 3 is 1.39 bits per heavy atom. The summed E-state index contributed by atoms with van der Waals surface area (Å²) < 4.78 is 44.0. The van der Waals surface area contributed by atoms with E-state index in [-0.39, 0.29) is 33.9 Å². The predicted molar refractivity (Wildman–Crippen MR) is 469 cm³/mol. The molecule has 22 atom stereocenters. The number of hydrogen-bond donors (Lipinski definition) is 2. The van der Waals surface area contributed by atoms with E-state index >= 15 is 0 Å². The molecule has 0 radical (unpaired) electrons. The van der Waals surface area contributed by atoms with Crippen LogP contribution in [0.3, 0.4) is 0 Å². The van der Waals surface area contributed by atoms with Crippen LogP contribution in [-0.2, 0) is 33.3 Å². The first-order valence-electron chi connectivity index (χ1n) is 49.9. The third-order valence-electron chi connectivity index (χ3n) is 38.0. The van der Waals surface area contributed by atoms with E-state index in [9.17, 15) is 19.5 Å². The van der Waals surface area contributed by atoms with E-state index in [0.717, 1.165) is 197 Å². The summed E-state index contributed by atoms with van der Waals surface area (Å²) in [5, 5.41) is 15.1. The number of fused-ring (bicyclic) bond motifs is 15. The molecule has 20 rings (SSSR count). The van der Waals surface area contributed by atoms with Gasteiger partial charge in [0.25, 0.3) is 0 Å². The second-order valence-corrected chi connectivity index (χ2v) is 44.3. The number of nitrogens with zero attached hydrogens (tertiary/aromatic N) is 2. The van der Waals surface area contributed by atoms with E-state index in [1.54, 1.807) is 0 Å². The van der Waals surface area contributed by atoms with Gasteiger partial charge in [-0.3, -0.25) is 24.2 Å². The maximum atomic E-state index is 13.7. The average molecular weight is 1640 g/mol. The van der Waals surface area contributed by atoms with Gasteiger partial charge in [0.05, 0.1) is 52.4 Å². The molecule has 5 heterocycles. The molecule has 14 nitrogen and oxygen atoms in total. The van der Waals surface area contributed by atoms with Crippen LogP contribution in [0.4, 0.5) is 0 Å². The molecule has 12 aliphatic carbocycles. The molecule has 656 valence electrons. The Bertz CT molecular complexity index is 3970. The molecule has 2 spiro atoms. The molecule has 5 saturated heterocycles. The number of ketones is 3. The summed E-state index contributed by atoms with van der Waals surface area (Å²) in [6.45, 7) is 27.8. The Labute approximate surface area is 716 Å². The van der Waals surface area contributed by atoms with Gasteiger partial charge in [0.1, 0.15) is 34.6 Å². The molecule has 17 aliphatic rings. The number of ether oxygens (including phenoxy) is 7. The number of Topliss-reactive ketones (excluding diaryl/α,β-unsaturated/α-hetero) is 3. The fourth-order valence-corrected chi connectivity index (χ4v) is 32.0. The van der Waals surface area contributed by atoms with Gasteiger partial charge in [-0.15, -0.1) is 0 Å². The molecule has 2 N–H and O–H groups in total. The molecule has 119 heavy (non-hydrogen) atoms. The number of carbonyl (C=O) groups excluding carboxylic acids is 3. The fourth-order valence-electron chi connectivity index (χ4n) is 32.0. The number of likely N-dealkylation sites (tertiary alicyclic amines) is 2. The highest BCUT2D eigenvalue weighted by molar-refractivity contribution is 5.88. The van der Waals surface area contributed by atoms with Crippen molar-refractivity contribution in [1.29, 1.82) is 0 Å². The first-order valence-corrected chi connectivity index (χ1v) is 49.9. The van der Waals surface area contributed by atoms with Crippen molar-refractivity contribution >= 4 is 17.3 Å². The minimum Gasteiger partial charge on any atom is -0.494 e. The van der Waals surface area contributed by atoms with Crippen molar-refractivity contribution in [2.75, 3.05) is 79.0 Å². The van der Waals surface area contributed by atoms with Crippen molar-refractivity contribution in [1.82, 2.24) is 15.1 Å². The zero-order valence-electron chi connectivity index (χ0n) is 74.8. The van der Waals surface area contributed by atoms with Crippen LogP contribution in [0.25, 0.3) is 0 Å². The van der Waals surface area contributed by atoms with Gasteiger partial charge in [-0.05, 0) is 352 Å². The summed E-state index contributed by atoms with van der Waals surface area (Å²) in [6, 6.07) is 27.9. The van der Waals surface area contributed by atoms with Crippen LogP contribution < -0.4 is 19.5 Å². The smallest absolute Gasteiger partial charge is 0.168 e. The zero-order chi connectivity index (χ0) is 81.9. The molecule has 3 aromatic rings. The first kappa shape index (κ1) is 85.5. The maximum absolute atomic E-state index is 13.7. The molecule has 14 heteroatoms. The van der Waals surface area contributed by atoms with Gasteiger partial charge in [0.15, 0.2) is 11.6 Å². The van der Waals surface area contributed by atoms with Crippen LogP contribution >= 0.6 is 0 Å². The number of nitrogens with one attached hydrogen (secondary N) is 1. The number of aliphatic hydroxyl groups excluding tert-OH is 1. The predicted octanol–water partition coefficient (Wildman–Crippen LogP) is 22.2. The summed E-state index contributed by atoms with van der Waals surface area (Å²) in [6.07, 6.45) is 43.7. The van der Waals surface area contributed by atoms with E-state index in [1.807, 2.05) is 0 Å². The molecule has 0 aromatic heterocycles. The summed E-state index contributed by atoms with van der Waals surface area (Å²) in [7, 11) is 0. The Morgan fingerprint density at radius 2 is 0.891 bits per heavy atom. The highest BCUT2D eigenvalue weighted by Crippen LogP contribution is 2.71. The quantitative estimate of drug-likeness (QED) is 0.117. The minimum absolute atomic E-state index is 0.0178. The molecule has 12 saturated carbocycles. The second-order valence-electron chi connectivity index (χ2n) is 44.3. The topological polar surface area (TPSA) is 155 Å². The van der Waals surface area contributed by atoms with Crippen molar-refractivity contribution in [3.8, 4) is 17.2 Å². The highest BCUT2D eigenvalue weighted by Gasteiger charge is 2.67. The highest BCUT2D eigenvalue weighted by atomic mass is 16.7. The van der Waals surface area contributed by atoms with E-state index in [2.05, 4.69) is 136 Å². The fraction of sp³-hybridized carbons (Fsp3) is 0.800. The van der Waals surface area contributed by atoms with Crippen molar-refractivity contribution in [3.63, 3.8) is 0 Å². The van der Waals surface area contributed by atoms with Crippen molar-refractivity contribution < 1.29 is 52.6 Å². The number of rotatable bonds is 19. The van der Waals surface area contributed by atoms with Crippen molar-refractivity contribution in [3.05, 3.63) is 89.5 Å². The van der Waals surface area contributed by atoms with Gasteiger partial charge in [-0.25, -0.2) is 0 Å². The standard InChI is InChI=1S/C37H55NO4.C35H53NO3.C33H47NO4/c1-26(2)25-38-19-5-4-9-33(38)27-7-6-8-29(23-27)40-20-18-36-15-14-31-30(32(36)12-13-34(36)39)11-10-28-24-37(41-21-22-42-37)17-16-35(28,31)3;1-24(2)23-36-19-5-4-9-32(36)25-7-6-8-28(21-25)39-20-18-35-17-15-30-29(31(35)12-13-33(35)38)11-10-26-22-27(37)14-16-34(26,30)3;1-31-14-15-33(37-19-20-38-33)22-24(31)8-9-26-27(31)12-13-32(28(26)10-11-30(32)35)16-18-36-25-6-4-5-23(21-25)29-7-2-3-17-34-29/h6-8,23,26,28,30-33H,4-5,9-22,24-25H2,1-3H3;6-8,21,24,26,29-33,38H,4-5,9-20,22-23H2,1-3H3;4-6,21,24,26-29,34H,2-3,7-20,22H2,1H3/t28?,30?,31?,32?,33?,35-,36+;26?,29?,30?,31?,32?,33-,34-,35+;24?,26?,27?,28?,29?,31-,32+/m000/s1. The van der Waals surface area contributed by atoms with E-state index < -0.39 is 0 Å². The summed E-state index contributed by atoms with van der Waals surface area (Å²) >= 11 is 0. The number of carbonyl (C=O) groups is 3. The molecule has 5 aliphatic heterocycles. The van der Waals surface area contributed by atoms with E-state index in [1.165, 1.54) is 165 Å². The SMILES string of the molecule is CC(C)CN1CCCCC1c1cccc(OCC[C@]23CCC4C(CCC5CC(=O)CC[C@@]54C)C2CC[C@@H]3O)c1.CC(C)CN1CCCCC1c1cccc(OCC[C@]23CCC4C(CCC5CC6(CC[C@@]54C)OCCO6)C2CCC3=O)c1.C[C@]12CCC3(CC1CCC1C4CCC(=O)[C@@]4(CCOc4cccc(C5CCCCN5)c4)CCC12)OCCO3. The molecule has 0 bridgehead atoms. The van der Waals surface area contributed by atoms with Crippen LogP contribution in [0.2, 0.25) is 0 Å². The Hall–Kier alpha value is -4.25. The number of benzene rings is 3. The van der Waals surface area contributed by atoms with Gasteiger partial charge in [-0.1, -0.05) is 104 Å². The van der Waals surface area contributed by atoms with Gasteiger partial charge in [0, 0.05) is 98.8 Å². The summed E-state index contributed by atoms with van der Waals surface area (Å²) in [4.78, 5) is 44.8. The van der Waals surface area contributed by atoms with E-state index in [4.69, 9.17) is 33.2 Å². The second kappa shape index (κ2) is 35.5. The van der Waals surface area contributed by atoms with Crippen LogP contribution in [-0.4, -0.2) is 129 Å². The lowest BCUT2D eigenvalue weighted by atomic mass is 9.44. The Kier molecular flexibility index (Phi) is 25.5. The number of hydrogen-bond acceptors (Lipinski definition) is 14. The molecular weight excluding hydrogens is 1480 g/mol. The van der Waals surface area contributed by atoms with Gasteiger partial charge >= 0.3 is 0 Å². The maximum Gasteiger partial charge on any atom is 0.168 e. The van der Waals surface area contributed by atoms with Crippen molar-refractivity contribution in [2.24, 2.45) is 115 Å². The third kappa shape index (κ3) is 16.6. The third-order valence-corrected chi connectivity index (χ3v) is 38.0. The van der Waals surface area contributed by atoms with Crippen molar-refractivity contribution in [2.45, 2.75) is 335 Å². The lowest BCUT2D eigenvalue weighted by Crippen LogP contribution is -2.56. The molecule has 3 aromatic carbocycles. The summed E-state index contributed by atoms with van der Waals surface area (Å²) in [5.74, 6) is 13.3. The molecular formula is C105H155N3O11.